The van der Waals surface area contributed by atoms with Crippen molar-refractivity contribution < 1.29 is 4.79 Å². The zero-order chi connectivity index (χ0) is 18.5. The van der Waals surface area contributed by atoms with E-state index in [1.54, 1.807) is 24.3 Å². The number of hydrogen-bond acceptors (Lipinski definition) is 4. The maximum Gasteiger partial charge on any atom is 0.325 e. The van der Waals surface area contributed by atoms with Crippen LogP contribution in [0, 0.1) is 0 Å². The molecule has 2 aromatic carbocycles. The SMILES string of the molecule is O=C(Nc1ccc(Cl)c(Cl)c1)Nc1nnc(/C=C/c2ccccc2Cl)s1. The van der Waals surface area contributed by atoms with Gasteiger partial charge < -0.3 is 5.32 Å². The first kappa shape index (κ1) is 18.7. The number of nitrogens with zero attached hydrogens (tertiary/aromatic N) is 2. The number of benzene rings is 2. The largest absolute Gasteiger partial charge is 0.325 e. The minimum absolute atomic E-state index is 0.354. The number of amides is 2. The Kier molecular flexibility index (Phi) is 6.11. The van der Waals surface area contributed by atoms with Crippen molar-refractivity contribution in [2.24, 2.45) is 0 Å². The van der Waals surface area contributed by atoms with E-state index >= 15 is 0 Å². The third-order valence-corrected chi connectivity index (χ3v) is 5.04. The van der Waals surface area contributed by atoms with E-state index in [0.717, 1.165) is 5.56 Å². The number of rotatable bonds is 4. The van der Waals surface area contributed by atoms with Gasteiger partial charge in [0.15, 0.2) is 0 Å². The molecule has 0 aliphatic carbocycles. The molecule has 0 aliphatic rings. The molecule has 2 amide bonds. The van der Waals surface area contributed by atoms with Gasteiger partial charge in [0.1, 0.15) is 5.01 Å². The fourth-order valence-corrected chi connectivity index (χ4v) is 3.10. The maximum absolute atomic E-state index is 12.0. The molecule has 0 spiro atoms. The van der Waals surface area contributed by atoms with Crippen LogP contribution in [0.5, 0.6) is 0 Å². The van der Waals surface area contributed by atoms with Crippen molar-refractivity contribution in [1.29, 1.82) is 0 Å². The summed E-state index contributed by atoms with van der Waals surface area (Å²) < 4.78 is 0. The van der Waals surface area contributed by atoms with Crippen molar-refractivity contribution in [3.63, 3.8) is 0 Å². The van der Waals surface area contributed by atoms with Crippen LogP contribution in [-0.4, -0.2) is 16.2 Å². The van der Waals surface area contributed by atoms with Crippen LogP contribution in [0.2, 0.25) is 15.1 Å². The van der Waals surface area contributed by atoms with Gasteiger partial charge in [0.2, 0.25) is 5.13 Å². The predicted octanol–water partition coefficient (Wildman–Crippen LogP) is 6.31. The molecule has 0 saturated carbocycles. The molecule has 0 saturated heterocycles. The second-order valence-corrected chi connectivity index (χ2v) is 7.24. The minimum atomic E-state index is -0.457. The van der Waals surface area contributed by atoms with Crippen molar-refractivity contribution >= 4 is 75.1 Å². The third-order valence-electron chi connectivity index (χ3n) is 3.15. The van der Waals surface area contributed by atoms with Gasteiger partial charge in [-0.1, -0.05) is 70.4 Å². The lowest BCUT2D eigenvalue weighted by Crippen LogP contribution is -2.19. The maximum atomic E-state index is 12.0. The van der Waals surface area contributed by atoms with Crippen LogP contribution >= 0.6 is 46.1 Å². The van der Waals surface area contributed by atoms with Gasteiger partial charge in [-0.25, -0.2) is 4.79 Å². The normalized spacial score (nSPS) is 10.9. The van der Waals surface area contributed by atoms with Crippen LogP contribution in [0.4, 0.5) is 15.6 Å². The molecule has 26 heavy (non-hydrogen) atoms. The van der Waals surface area contributed by atoms with Gasteiger partial charge in [-0.3, -0.25) is 5.32 Å². The molecule has 0 fully saturated rings. The predicted molar refractivity (Wildman–Crippen MR) is 109 cm³/mol. The molecule has 0 aliphatic heterocycles. The lowest BCUT2D eigenvalue weighted by Gasteiger charge is -2.05. The second-order valence-electron chi connectivity index (χ2n) is 5.01. The van der Waals surface area contributed by atoms with E-state index in [0.29, 0.717) is 30.9 Å². The molecule has 1 heterocycles. The van der Waals surface area contributed by atoms with Crippen LogP contribution in [0.15, 0.2) is 42.5 Å². The van der Waals surface area contributed by atoms with E-state index in [1.165, 1.54) is 11.3 Å². The Morgan fingerprint density at radius 3 is 2.50 bits per heavy atom. The summed E-state index contributed by atoms with van der Waals surface area (Å²) in [5.41, 5.74) is 1.39. The first-order valence-electron chi connectivity index (χ1n) is 7.30. The van der Waals surface area contributed by atoms with Crippen LogP contribution in [-0.2, 0) is 0 Å². The van der Waals surface area contributed by atoms with Gasteiger partial charge in [-0.05, 0) is 35.9 Å². The monoisotopic (exact) mass is 424 g/mol. The highest BCUT2D eigenvalue weighted by Crippen LogP contribution is 2.25. The summed E-state index contributed by atoms with van der Waals surface area (Å²) in [6.07, 6.45) is 3.61. The summed E-state index contributed by atoms with van der Waals surface area (Å²) in [7, 11) is 0. The average Bonchev–Trinajstić information content (AvgIpc) is 3.05. The zero-order valence-corrected chi connectivity index (χ0v) is 16.1. The molecule has 1 aromatic heterocycles. The third kappa shape index (κ3) is 4.95. The minimum Gasteiger partial charge on any atom is -0.308 e. The number of halogens is 3. The van der Waals surface area contributed by atoms with Gasteiger partial charge in [0.05, 0.1) is 10.0 Å². The molecular weight excluding hydrogens is 415 g/mol. The quantitative estimate of drug-likeness (QED) is 0.514. The summed E-state index contributed by atoms with van der Waals surface area (Å²) in [5.74, 6) is 0. The van der Waals surface area contributed by atoms with Gasteiger partial charge in [-0.15, -0.1) is 10.2 Å². The molecule has 0 atom stereocenters. The Morgan fingerprint density at radius 1 is 0.923 bits per heavy atom. The van der Waals surface area contributed by atoms with Gasteiger partial charge >= 0.3 is 6.03 Å². The van der Waals surface area contributed by atoms with Gasteiger partial charge in [0, 0.05) is 10.7 Å². The first-order chi connectivity index (χ1) is 12.5. The molecular formula is C17H11Cl3N4OS. The summed E-state index contributed by atoms with van der Waals surface area (Å²) in [6, 6.07) is 11.8. The van der Waals surface area contributed by atoms with Crippen LogP contribution in [0.1, 0.15) is 10.6 Å². The van der Waals surface area contributed by atoms with E-state index in [-0.39, 0.29) is 0 Å². The van der Waals surface area contributed by atoms with Gasteiger partial charge in [-0.2, -0.15) is 0 Å². The van der Waals surface area contributed by atoms with Crippen LogP contribution in [0.3, 0.4) is 0 Å². The highest BCUT2D eigenvalue weighted by atomic mass is 35.5. The molecule has 3 rings (SSSR count). The smallest absolute Gasteiger partial charge is 0.308 e. The molecule has 2 N–H and O–H groups in total. The first-order valence-corrected chi connectivity index (χ1v) is 9.25. The number of nitrogens with one attached hydrogen (secondary N) is 2. The zero-order valence-electron chi connectivity index (χ0n) is 13.0. The number of carbonyl (C=O) groups excluding carboxylic acids is 1. The van der Waals surface area contributed by atoms with Crippen molar-refractivity contribution in [1.82, 2.24) is 10.2 Å². The molecule has 3 aromatic rings. The number of aromatic nitrogens is 2. The van der Waals surface area contributed by atoms with E-state index < -0.39 is 6.03 Å². The van der Waals surface area contributed by atoms with Crippen LogP contribution < -0.4 is 10.6 Å². The Balaban J connectivity index is 1.62. The van der Waals surface area contributed by atoms with E-state index in [9.17, 15) is 4.79 Å². The molecule has 0 bridgehead atoms. The highest BCUT2D eigenvalue weighted by Gasteiger charge is 2.08. The fraction of sp³-hybridized carbons (Fsp3) is 0. The van der Waals surface area contributed by atoms with Crippen molar-refractivity contribution in [3.05, 3.63) is 68.1 Å². The fourth-order valence-electron chi connectivity index (χ4n) is 1.96. The number of urea groups is 1. The molecule has 0 unspecified atom stereocenters. The molecule has 132 valence electrons. The van der Waals surface area contributed by atoms with E-state index in [1.807, 2.05) is 30.3 Å². The number of hydrogen-bond donors (Lipinski definition) is 2. The Morgan fingerprint density at radius 2 is 1.73 bits per heavy atom. The van der Waals surface area contributed by atoms with Crippen molar-refractivity contribution in [2.45, 2.75) is 0 Å². The summed E-state index contributed by atoms with van der Waals surface area (Å²) >= 11 is 19.1. The highest BCUT2D eigenvalue weighted by molar-refractivity contribution is 7.16. The van der Waals surface area contributed by atoms with Gasteiger partial charge in [0.25, 0.3) is 0 Å². The Labute approximate surface area is 168 Å². The van der Waals surface area contributed by atoms with Crippen molar-refractivity contribution in [3.8, 4) is 0 Å². The topological polar surface area (TPSA) is 66.9 Å². The second kappa shape index (κ2) is 8.51. The Hall–Kier alpha value is -2.12. The summed E-state index contributed by atoms with van der Waals surface area (Å²) in [4.78, 5) is 12.0. The summed E-state index contributed by atoms with van der Waals surface area (Å²) in [6.45, 7) is 0. The molecule has 5 nitrogen and oxygen atoms in total. The number of anilines is 2. The average molecular weight is 426 g/mol. The number of carbonyl (C=O) groups is 1. The van der Waals surface area contributed by atoms with E-state index in [2.05, 4.69) is 20.8 Å². The van der Waals surface area contributed by atoms with Crippen LogP contribution in [0.25, 0.3) is 12.2 Å². The summed E-state index contributed by atoms with van der Waals surface area (Å²) in [5, 5.41) is 15.6. The lowest BCUT2D eigenvalue weighted by atomic mass is 10.2. The Bertz CT molecular complexity index is 974. The standard InChI is InChI=1S/C17H11Cl3N4OS/c18-12-4-2-1-3-10(12)5-8-15-23-24-17(26-15)22-16(25)21-11-6-7-13(19)14(20)9-11/h1-9H,(H2,21,22,24,25)/b8-5+. The molecule has 9 heteroatoms. The lowest BCUT2D eigenvalue weighted by molar-refractivity contribution is 0.262. The van der Waals surface area contributed by atoms with E-state index in [4.69, 9.17) is 34.8 Å². The molecule has 0 radical (unpaired) electrons. The van der Waals surface area contributed by atoms with Crippen molar-refractivity contribution in [2.75, 3.05) is 10.6 Å².